The highest BCUT2D eigenvalue weighted by Crippen LogP contribution is 1.99. The Balaban J connectivity index is 3.14. The third-order valence-electron chi connectivity index (χ3n) is 0.281. The van der Waals surface area contributed by atoms with E-state index in [-0.39, 0.29) is 0 Å². The van der Waals surface area contributed by atoms with Gasteiger partial charge >= 0.3 is 0 Å². The second-order valence-electron chi connectivity index (χ2n) is 0.791. The van der Waals surface area contributed by atoms with Gasteiger partial charge in [0.2, 0.25) is 0 Å². The number of halogens is 1. The lowest BCUT2D eigenvalue weighted by atomic mass is 10.6. The third-order valence-corrected chi connectivity index (χ3v) is 0.722. The number of hydrogen-bond acceptors (Lipinski definition) is 0. The van der Waals surface area contributed by atoms with Gasteiger partial charge in [-0.15, -0.1) is 0 Å². The van der Waals surface area contributed by atoms with Gasteiger partial charge < -0.3 is 0 Å². The van der Waals surface area contributed by atoms with Crippen LogP contribution in [0.2, 0.25) is 0 Å². The Labute approximate surface area is 46.4 Å². The van der Waals surface area contributed by atoms with E-state index in [0.29, 0.717) is 0 Å². The fourth-order valence-electron chi connectivity index (χ4n) is 0. The van der Waals surface area contributed by atoms with Crippen LogP contribution in [0.1, 0.15) is 6.92 Å². The minimum absolute atomic E-state index is 1.24. The van der Waals surface area contributed by atoms with Gasteiger partial charge in [-0.25, -0.2) is 0 Å². The molecule has 0 aliphatic rings. The van der Waals surface area contributed by atoms with Crippen LogP contribution >= 0.6 is 22.6 Å². The summed E-state index contributed by atoms with van der Waals surface area (Å²) < 4.78 is 1.24. The van der Waals surface area contributed by atoms with Gasteiger partial charge in [-0.1, -0.05) is 6.08 Å². The van der Waals surface area contributed by atoms with Crippen molar-refractivity contribution in [3.05, 3.63) is 16.6 Å². The van der Waals surface area contributed by atoms with E-state index in [1.807, 2.05) is 13.0 Å². The average molecular weight is 181 g/mol. The van der Waals surface area contributed by atoms with Crippen LogP contribution in [0.4, 0.5) is 0 Å². The lowest BCUT2D eigenvalue weighted by Crippen LogP contribution is -1.44. The standard InChI is InChI=1S/C4H6I/c1-3-4(2)5/h3H,1H2,2H3/b4-3-. The summed E-state index contributed by atoms with van der Waals surface area (Å²) in [5.41, 5.74) is 0. The van der Waals surface area contributed by atoms with Gasteiger partial charge in [-0.2, -0.15) is 0 Å². The van der Waals surface area contributed by atoms with Crippen LogP contribution < -0.4 is 0 Å². The van der Waals surface area contributed by atoms with Crippen molar-refractivity contribution in [3.63, 3.8) is 0 Å². The van der Waals surface area contributed by atoms with Crippen LogP contribution in [0, 0.1) is 6.92 Å². The highest BCUT2D eigenvalue weighted by molar-refractivity contribution is 14.1. The molecule has 1 heteroatoms. The van der Waals surface area contributed by atoms with Gasteiger partial charge in [0, 0.05) is 0 Å². The molecule has 29 valence electrons. The van der Waals surface area contributed by atoms with Crippen molar-refractivity contribution in [1.29, 1.82) is 0 Å². The molecule has 1 radical (unpaired) electrons. The van der Waals surface area contributed by atoms with E-state index in [2.05, 4.69) is 29.5 Å². The molecule has 0 aromatic rings. The largest absolute Gasteiger partial charge is 0.0752 e. The summed E-state index contributed by atoms with van der Waals surface area (Å²) in [6, 6.07) is 0. The van der Waals surface area contributed by atoms with Crippen LogP contribution in [0.3, 0.4) is 0 Å². The SMILES string of the molecule is [CH2]/C=C(/C)I. The zero-order chi connectivity index (χ0) is 4.28. The van der Waals surface area contributed by atoms with E-state index in [1.54, 1.807) is 0 Å². The van der Waals surface area contributed by atoms with Crippen molar-refractivity contribution in [2.45, 2.75) is 6.92 Å². The number of rotatable bonds is 0. The monoisotopic (exact) mass is 181 g/mol. The molecular formula is C4H6I. The Morgan fingerprint density at radius 2 is 2.20 bits per heavy atom. The summed E-state index contributed by atoms with van der Waals surface area (Å²) in [5.74, 6) is 0. The molecule has 0 rings (SSSR count). The van der Waals surface area contributed by atoms with E-state index in [0.717, 1.165) is 0 Å². The molecule has 0 bridgehead atoms. The maximum atomic E-state index is 3.52. The van der Waals surface area contributed by atoms with Gasteiger partial charge in [-0.05, 0) is 40.0 Å². The first-order valence-corrected chi connectivity index (χ1v) is 2.46. The molecule has 0 aromatic carbocycles. The van der Waals surface area contributed by atoms with Gasteiger partial charge in [0.05, 0.1) is 0 Å². The Hall–Kier alpha value is 0.470. The lowest BCUT2D eigenvalue weighted by molar-refractivity contribution is 1.72. The lowest BCUT2D eigenvalue weighted by Gasteiger charge is -1.70. The zero-order valence-corrected chi connectivity index (χ0v) is 5.32. The summed E-state index contributed by atoms with van der Waals surface area (Å²) >= 11 is 2.20. The van der Waals surface area contributed by atoms with Gasteiger partial charge in [0.15, 0.2) is 0 Å². The molecule has 0 aliphatic carbocycles. The minimum atomic E-state index is 1.24. The van der Waals surface area contributed by atoms with Crippen molar-refractivity contribution < 1.29 is 0 Å². The molecule has 0 N–H and O–H groups in total. The third kappa shape index (κ3) is 4.47. The second-order valence-corrected chi connectivity index (χ2v) is 2.49. The molecule has 0 unspecified atom stereocenters. The van der Waals surface area contributed by atoms with Crippen LogP contribution in [0.25, 0.3) is 0 Å². The molecule has 0 saturated carbocycles. The Kier molecular flexibility index (Phi) is 2.95. The Bertz CT molecular complexity index is 41.6. The maximum Gasteiger partial charge on any atom is -0.0165 e. The van der Waals surface area contributed by atoms with Crippen LogP contribution in [0.5, 0.6) is 0 Å². The zero-order valence-electron chi connectivity index (χ0n) is 3.16. The summed E-state index contributed by atoms with van der Waals surface area (Å²) in [6.45, 7) is 5.52. The predicted molar refractivity (Wildman–Crippen MR) is 33.1 cm³/mol. The van der Waals surface area contributed by atoms with Crippen LogP contribution in [-0.2, 0) is 0 Å². The van der Waals surface area contributed by atoms with Gasteiger partial charge in [-0.3, -0.25) is 0 Å². The van der Waals surface area contributed by atoms with Crippen molar-refractivity contribution in [2.75, 3.05) is 0 Å². The van der Waals surface area contributed by atoms with E-state index in [1.165, 1.54) is 3.58 Å². The molecule has 0 spiro atoms. The van der Waals surface area contributed by atoms with Gasteiger partial charge in [0.25, 0.3) is 0 Å². The normalized spacial score (nSPS) is 12.2. The Morgan fingerprint density at radius 1 is 2.00 bits per heavy atom. The molecule has 0 saturated heterocycles. The van der Waals surface area contributed by atoms with Gasteiger partial charge in [0.1, 0.15) is 0 Å². The fraction of sp³-hybridized carbons (Fsp3) is 0.250. The molecular weight excluding hydrogens is 175 g/mol. The topological polar surface area (TPSA) is 0 Å². The molecule has 0 atom stereocenters. The first-order valence-electron chi connectivity index (χ1n) is 1.39. The van der Waals surface area contributed by atoms with E-state index in [4.69, 9.17) is 0 Å². The summed E-state index contributed by atoms with van der Waals surface area (Å²) in [5, 5.41) is 0. The summed E-state index contributed by atoms with van der Waals surface area (Å²) in [7, 11) is 0. The molecule has 0 aliphatic heterocycles. The predicted octanol–water partition coefficient (Wildman–Crippen LogP) is 2.16. The number of allylic oxidation sites excluding steroid dienone is 2. The highest BCUT2D eigenvalue weighted by atomic mass is 127. The smallest absolute Gasteiger partial charge is 0.0165 e. The first kappa shape index (κ1) is 5.47. The second kappa shape index (κ2) is 2.69. The van der Waals surface area contributed by atoms with E-state index in [9.17, 15) is 0 Å². The highest BCUT2D eigenvalue weighted by Gasteiger charge is 1.63. The van der Waals surface area contributed by atoms with E-state index >= 15 is 0 Å². The average Bonchev–Trinajstić information content (AvgIpc) is 1.38. The van der Waals surface area contributed by atoms with Crippen molar-refractivity contribution >= 4 is 22.6 Å². The molecule has 0 amide bonds. The molecule has 0 aromatic heterocycles. The Morgan fingerprint density at radius 3 is 2.20 bits per heavy atom. The fourth-order valence-corrected chi connectivity index (χ4v) is 0. The van der Waals surface area contributed by atoms with Crippen LogP contribution in [0.15, 0.2) is 9.66 Å². The summed E-state index contributed by atoms with van der Waals surface area (Å²) in [4.78, 5) is 0. The summed E-state index contributed by atoms with van der Waals surface area (Å²) in [6.07, 6.45) is 1.82. The molecule has 0 heterocycles. The quantitative estimate of drug-likeness (QED) is 0.502. The van der Waals surface area contributed by atoms with Crippen molar-refractivity contribution in [3.8, 4) is 0 Å². The van der Waals surface area contributed by atoms with Crippen LogP contribution in [-0.4, -0.2) is 0 Å². The van der Waals surface area contributed by atoms with E-state index < -0.39 is 0 Å². The molecule has 5 heavy (non-hydrogen) atoms. The molecule has 0 nitrogen and oxygen atoms in total. The minimum Gasteiger partial charge on any atom is -0.0752 e. The number of hydrogen-bond donors (Lipinski definition) is 0. The molecule has 0 fully saturated rings. The maximum absolute atomic E-state index is 3.52. The van der Waals surface area contributed by atoms with Crippen molar-refractivity contribution in [1.82, 2.24) is 0 Å². The first-order chi connectivity index (χ1) is 2.27. The van der Waals surface area contributed by atoms with Crippen molar-refractivity contribution in [2.24, 2.45) is 0 Å².